The molecule has 0 aromatic carbocycles. The molecule has 0 saturated carbocycles. The Morgan fingerprint density at radius 1 is 1.15 bits per heavy atom. The molecule has 7 nitrogen and oxygen atoms in total. The standard InChI is InChI=1S/C19H30N4O3/c1-14-12-15(2)21-16(3)17(14)22-18(24)20-13-19(4-8-25-9-5-19)23-6-10-26-11-7-23/h12H,4-11,13H2,1-3H3,(H2,20,22,24). The van der Waals surface area contributed by atoms with Gasteiger partial charge in [0, 0.05) is 44.1 Å². The first-order valence-electron chi connectivity index (χ1n) is 9.40. The van der Waals surface area contributed by atoms with Crippen molar-refractivity contribution in [2.24, 2.45) is 0 Å². The Labute approximate surface area is 155 Å². The molecule has 7 heteroatoms. The third kappa shape index (κ3) is 4.34. The highest BCUT2D eigenvalue weighted by molar-refractivity contribution is 5.90. The Morgan fingerprint density at radius 3 is 2.46 bits per heavy atom. The number of rotatable bonds is 4. The number of pyridine rings is 1. The zero-order valence-corrected chi connectivity index (χ0v) is 16.1. The van der Waals surface area contributed by atoms with Crippen LogP contribution < -0.4 is 10.6 Å². The van der Waals surface area contributed by atoms with Crippen LogP contribution in [0.1, 0.15) is 29.8 Å². The molecule has 0 bridgehead atoms. The molecule has 2 aliphatic rings. The largest absolute Gasteiger partial charge is 0.381 e. The second-order valence-corrected chi connectivity index (χ2v) is 7.28. The Balaban J connectivity index is 1.64. The van der Waals surface area contributed by atoms with Crippen LogP contribution in [0.25, 0.3) is 0 Å². The minimum Gasteiger partial charge on any atom is -0.381 e. The van der Waals surface area contributed by atoms with Crippen molar-refractivity contribution >= 4 is 11.7 Å². The van der Waals surface area contributed by atoms with E-state index in [1.54, 1.807) is 0 Å². The fourth-order valence-electron chi connectivity index (χ4n) is 4.01. The number of anilines is 1. The summed E-state index contributed by atoms with van der Waals surface area (Å²) in [5, 5.41) is 6.07. The fraction of sp³-hybridized carbons (Fsp3) is 0.684. The summed E-state index contributed by atoms with van der Waals surface area (Å²) in [4.78, 5) is 19.4. The van der Waals surface area contributed by atoms with E-state index in [9.17, 15) is 4.79 Å². The van der Waals surface area contributed by atoms with E-state index in [0.29, 0.717) is 6.54 Å². The monoisotopic (exact) mass is 362 g/mol. The first-order chi connectivity index (χ1) is 12.5. The van der Waals surface area contributed by atoms with Gasteiger partial charge in [0.25, 0.3) is 0 Å². The molecule has 2 amide bonds. The average Bonchev–Trinajstić information content (AvgIpc) is 2.64. The molecule has 0 spiro atoms. The summed E-state index contributed by atoms with van der Waals surface area (Å²) >= 11 is 0. The van der Waals surface area contributed by atoms with Crippen LogP contribution in [0.5, 0.6) is 0 Å². The Bertz CT molecular complexity index is 615. The molecule has 2 aliphatic heterocycles. The van der Waals surface area contributed by atoms with Crippen LogP contribution in [0.3, 0.4) is 0 Å². The molecule has 144 valence electrons. The van der Waals surface area contributed by atoms with Gasteiger partial charge in [0.2, 0.25) is 0 Å². The van der Waals surface area contributed by atoms with Crippen LogP contribution >= 0.6 is 0 Å². The van der Waals surface area contributed by atoms with E-state index in [1.165, 1.54) is 0 Å². The number of amides is 2. The third-order valence-corrected chi connectivity index (χ3v) is 5.45. The molecule has 3 rings (SSSR count). The summed E-state index contributed by atoms with van der Waals surface area (Å²) < 4.78 is 11.1. The third-order valence-electron chi connectivity index (χ3n) is 5.45. The van der Waals surface area contributed by atoms with Gasteiger partial charge in [-0.1, -0.05) is 0 Å². The minimum atomic E-state index is -0.180. The number of nitrogens with one attached hydrogen (secondary N) is 2. The lowest BCUT2D eigenvalue weighted by atomic mass is 9.87. The number of carbonyl (C=O) groups excluding carboxylic acids is 1. The smallest absolute Gasteiger partial charge is 0.319 e. The molecule has 2 N–H and O–H groups in total. The van der Waals surface area contributed by atoms with Crippen molar-refractivity contribution in [1.82, 2.24) is 15.2 Å². The molecule has 0 aliphatic carbocycles. The Morgan fingerprint density at radius 2 is 1.81 bits per heavy atom. The van der Waals surface area contributed by atoms with E-state index in [2.05, 4.69) is 20.5 Å². The van der Waals surface area contributed by atoms with Crippen molar-refractivity contribution in [3.05, 3.63) is 23.0 Å². The minimum absolute atomic E-state index is 0.0466. The van der Waals surface area contributed by atoms with Gasteiger partial charge in [-0.2, -0.15) is 0 Å². The molecule has 1 aromatic heterocycles. The number of aromatic nitrogens is 1. The summed E-state index contributed by atoms with van der Waals surface area (Å²) in [6.45, 7) is 11.3. The van der Waals surface area contributed by atoms with Gasteiger partial charge < -0.3 is 20.1 Å². The van der Waals surface area contributed by atoms with Gasteiger partial charge in [-0.3, -0.25) is 9.88 Å². The van der Waals surface area contributed by atoms with E-state index >= 15 is 0 Å². The Kier molecular flexibility index (Phi) is 6.11. The van der Waals surface area contributed by atoms with Crippen molar-refractivity contribution in [2.75, 3.05) is 51.4 Å². The van der Waals surface area contributed by atoms with Gasteiger partial charge in [0.1, 0.15) is 0 Å². The average molecular weight is 362 g/mol. The summed E-state index contributed by atoms with van der Waals surface area (Å²) in [5.74, 6) is 0. The van der Waals surface area contributed by atoms with Crippen molar-refractivity contribution in [3.8, 4) is 0 Å². The predicted octanol–water partition coefficient (Wildman–Crippen LogP) is 2.01. The van der Waals surface area contributed by atoms with Crippen LogP contribution in [0.2, 0.25) is 0 Å². The van der Waals surface area contributed by atoms with E-state index in [-0.39, 0.29) is 11.6 Å². The molecular weight excluding hydrogens is 332 g/mol. The number of nitrogens with zero attached hydrogens (tertiary/aromatic N) is 2. The van der Waals surface area contributed by atoms with Crippen molar-refractivity contribution < 1.29 is 14.3 Å². The fourth-order valence-corrected chi connectivity index (χ4v) is 4.01. The molecule has 3 heterocycles. The molecule has 2 saturated heterocycles. The van der Waals surface area contributed by atoms with Gasteiger partial charge in [0.15, 0.2) is 0 Å². The molecule has 0 atom stereocenters. The quantitative estimate of drug-likeness (QED) is 0.857. The van der Waals surface area contributed by atoms with Gasteiger partial charge in [-0.05, 0) is 45.2 Å². The lowest BCUT2D eigenvalue weighted by molar-refractivity contribution is -0.0689. The maximum absolute atomic E-state index is 12.5. The van der Waals surface area contributed by atoms with Crippen molar-refractivity contribution in [3.63, 3.8) is 0 Å². The molecule has 0 unspecified atom stereocenters. The van der Waals surface area contributed by atoms with Crippen LogP contribution in [0.15, 0.2) is 6.07 Å². The number of urea groups is 1. The normalized spacial score (nSPS) is 20.6. The zero-order valence-electron chi connectivity index (χ0n) is 16.1. The van der Waals surface area contributed by atoms with Crippen molar-refractivity contribution in [2.45, 2.75) is 39.2 Å². The SMILES string of the molecule is Cc1cc(C)c(NC(=O)NCC2(N3CCOCC3)CCOCC2)c(C)n1. The van der Waals surface area contributed by atoms with Gasteiger partial charge in [0.05, 0.1) is 24.6 Å². The molecule has 0 radical (unpaired) electrons. The van der Waals surface area contributed by atoms with E-state index in [1.807, 2.05) is 26.8 Å². The number of carbonyl (C=O) groups is 1. The molecule has 1 aromatic rings. The van der Waals surface area contributed by atoms with E-state index in [4.69, 9.17) is 9.47 Å². The maximum Gasteiger partial charge on any atom is 0.319 e. The predicted molar refractivity (Wildman–Crippen MR) is 101 cm³/mol. The topological polar surface area (TPSA) is 75.7 Å². The van der Waals surface area contributed by atoms with E-state index in [0.717, 1.165) is 75.0 Å². The van der Waals surface area contributed by atoms with Gasteiger partial charge in [-0.15, -0.1) is 0 Å². The van der Waals surface area contributed by atoms with Gasteiger partial charge >= 0.3 is 6.03 Å². The first kappa shape index (κ1) is 19.1. The van der Waals surface area contributed by atoms with Crippen LogP contribution in [-0.4, -0.2) is 67.5 Å². The van der Waals surface area contributed by atoms with E-state index < -0.39 is 0 Å². The number of ether oxygens (including phenoxy) is 2. The zero-order chi connectivity index (χ0) is 18.6. The summed E-state index contributed by atoms with van der Waals surface area (Å²) in [5.41, 5.74) is 3.57. The van der Waals surface area contributed by atoms with Gasteiger partial charge in [-0.25, -0.2) is 4.79 Å². The number of hydrogen-bond donors (Lipinski definition) is 2. The second-order valence-electron chi connectivity index (χ2n) is 7.28. The molecule has 2 fully saturated rings. The summed E-state index contributed by atoms with van der Waals surface area (Å²) in [7, 11) is 0. The van der Waals surface area contributed by atoms with Crippen molar-refractivity contribution in [1.29, 1.82) is 0 Å². The highest BCUT2D eigenvalue weighted by Gasteiger charge is 2.39. The highest BCUT2D eigenvalue weighted by Crippen LogP contribution is 2.28. The maximum atomic E-state index is 12.5. The number of aryl methyl sites for hydroxylation is 3. The summed E-state index contributed by atoms with van der Waals surface area (Å²) in [6.07, 6.45) is 1.86. The highest BCUT2D eigenvalue weighted by atomic mass is 16.5. The molecular formula is C19H30N4O3. The van der Waals surface area contributed by atoms with Crippen LogP contribution in [0, 0.1) is 20.8 Å². The first-order valence-corrected chi connectivity index (χ1v) is 9.40. The Hall–Kier alpha value is -1.70. The number of hydrogen-bond acceptors (Lipinski definition) is 5. The second kappa shape index (κ2) is 8.33. The lowest BCUT2D eigenvalue weighted by Crippen LogP contribution is -2.61. The van der Waals surface area contributed by atoms with Crippen LogP contribution in [0.4, 0.5) is 10.5 Å². The number of morpholine rings is 1. The molecule has 26 heavy (non-hydrogen) atoms. The summed E-state index contributed by atoms with van der Waals surface area (Å²) in [6, 6.07) is 1.80. The van der Waals surface area contributed by atoms with Crippen LogP contribution in [-0.2, 0) is 9.47 Å². The lowest BCUT2D eigenvalue weighted by Gasteiger charge is -2.47.